The molecule has 0 unspecified atom stereocenters. The Balaban J connectivity index is 3.21. The molecule has 1 aromatic rings. The molecular formula is C10H14N2O2. The maximum absolute atomic E-state index is 10.9. The van der Waals surface area contributed by atoms with Crippen molar-refractivity contribution in [2.24, 2.45) is 0 Å². The molecule has 0 fully saturated rings. The maximum Gasteiger partial charge on any atom is 0.233 e. The summed E-state index contributed by atoms with van der Waals surface area (Å²) in [4.78, 5) is 18.5. The fourth-order valence-corrected chi connectivity index (χ4v) is 1.38. The fourth-order valence-electron chi connectivity index (χ4n) is 1.38. The van der Waals surface area contributed by atoms with Gasteiger partial charge in [0.2, 0.25) is 11.3 Å². The van der Waals surface area contributed by atoms with E-state index >= 15 is 0 Å². The maximum atomic E-state index is 10.9. The highest BCUT2D eigenvalue weighted by Gasteiger charge is 2.13. The lowest BCUT2D eigenvalue weighted by molar-refractivity contribution is 0.432. The first-order valence-electron chi connectivity index (χ1n) is 4.74. The average molecular weight is 194 g/mol. The molecule has 0 bridgehead atoms. The Bertz CT molecular complexity index is 362. The fraction of sp³-hybridized carbons (Fsp3) is 0.500. The minimum absolute atomic E-state index is 0.138. The van der Waals surface area contributed by atoms with Gasteiger partial charge in [0.1, 0.15) is 5.69 Å². The van der Waals surface area contributed by atoms with E-state index in [1.807, 2.05) is 13.8 Å². The minimum Gasteiger partial charge on any atom is -0.492 e. The van der Waals surface area contributed by atoms with Crippen molar-refractivity contribution in [1.29, 1.82) is 0 Å². The first kappa shape index (κ1) is 10.6. The van der Waals surface area contributed by atoms with E-state index in [4.69, 9.17) is 0 Å². The van der Waals surface area contributed by atoms with Crippen LogP contribution in [-0.4, -0.2) is 15.1 Å². The second-order valence-electron chi connectivity index (χ2n) is 3.14. The van der Waals surface area contributed by atoms with Gasteiger partial charge >= 0.3 is 0 Å². The van der Waals surface area contributed by atoms with Crippen LogP contribution >= 0.6 is 0 Å². The summed E-state index contributed by atoms with van der Waals surface area (Å²) in [6, 6.07) is 0. The second-order valence-corrected chi connectivity index (χ2v) is 3.14. The SMILES string of the molecule is CCC(CC)c1ncc(=O)cnc1O. The number of aromatic nitrogens is 2. The Kier molecular flexibility index (Phi) is 3.56. The smallest absolute Gasteiger partial charge is 0.233 e. The zero-order valence-corrected chi connectivity index (χ0v) is 8.40. The summed E-state index contributed by atoms with van der Waals surface area (Å²) in [6.07, 6.45) is 4.02. The largest absolute Gasteiger partial charge is 0.492 e. The molecule has 0 saturated heterocycles. The molecular weight excluding hydrogens is 180 g/mol. The Morgan fingerprint density at radius 1 is 1.29 bits per heavy atom. The third-order valence-electron chi connectivity index (χ3n) is 2.25. The van der Waals surface area contributed by atoms with Crippen LogP contribution in [0.15, 0.2) is 17.2 Å². The normalized spacial score (nSPS) is 10.5. The molecule has 1 aromatic heterocycles. The molecule has 0 aliphatic heterocycles. The molecule has 1 heterocycles. The highest BCUT2D eigenvalue weighted by Crippen LogP contribution is 2.25. The zero-order chi connectivity index (χ0) is 10.6. The van der Waals surface area contributed by atoms with Gasteiger partial charge in [0.15, 0.2) is 0 Å². The van der Waals surface area contributed by atoms with Gasteiger partial charge in [-0.1, -0.05) is 13.8 Å². The predicted molar refractivity (Wildman–Crippen MR) is 53.3 cm³/mol. The summed E-state index contributed by atoms with van der Waals surface area (Å²) in [6.45, 7) is 4.03. The standard InChI is InChI=1S/C10H14N2O2/c1-3-7(4-2)9-10(14)12-6-8(13)5-11-9/h5-7,14H,3-4H2,1-2H3. The Morgan fingerprint density at radius 3 is 2.43 bits per heavy atom. The summed E-state index contributed by atoms with van der Waals surface area (Å²) in [5, 5.41) is 9.52. The van der Waals surface area contributed by atoms with Crippen molar-refractivity contribution in [2.75, 3.05) is 0 Å². The van der Waals surface area contributed by atoms with Gasteiger partial charge in [0.25, 0.3) is 0 Å². The molecule has 0 atom stereocenters. The topological polar surface area (TPSA) is 63.1 Å². The van der Waals surface area contributed by atoms with Gasteiger partial charge in [0.05, 0.1) is 12.4 Å². The lowest BCUT2D eigenvalue weighted by Gasteiger charge is -2.09. The molecule has 1 rings (SSSR count). The summed E-state index contributed by atoms with van der Waals surface area (Å²) in [7, 11) is 0. The number of hydrogen-bond donors (Lipinski definition) is 1. The van der Waals surface area contributed by atoms with E-state index in [1.54, 1.807) is 0 Å². The Hall–Kier alpha value is -1.45. The predicted octanol–water partition coefficient (Wildman–Crippen LogP) is 1.45. The molecule has 0 spiro atoms. The zero-order valence-electron chi connectivity index (χ0n) is 8.40. The van der Waals surface area contributed by atoms with Gasteiger partial charge in [0, 0.05) is 5.92 Å². The molecule has 0 radical (unpaired) electrons. The van der Waals surface area contributed by atoms with E-state index in [1.165, 1.54) is 6.20 Å². The van der Waals surface area contributed by atoms with Crippen LogP contribution in [0, 0.1) is 0 Å². The van der Waals surface area contributed by atoms with Crippen LogP contribution in [-0.2, 0) is 0 Å². The molecule has 4 nitrogen and oxygen atoms in total. The molecule has 0 saturated carbocycles. The molecule has 0 amide bonds. The van der Waals surface area contributed by atoms with Gasteiger partial charge in [-0.15, -0.1) is 0 Å². The molecule has 4 heteroatoms. The first-order chi connectivity index (χ1) is 6.69. The van der Waals surface area contributed by atoms with Crippen LogP contribution in [0.3, 0.4) is 0 Å². The van der Waals surface area contributed by atoms with Gasteiger partial charge in [-0.05, 0) is 12.8 Å². The minimum atomic E-state index is -0.294. The molecule has 1 N–H and O–H groups in total. The first-order valence-corrected chi connectivity index (χ1v) is 4.74. The van der Waals surface area contributed by atoms with Gasteiger partial charge in [-0.3, -0.25) is 9.78 Å². The number of hydrogen-bond acceptors (Lipinski definition) is 4. The van der Waals surface area contributed by atoms with Crippen molar-refractivity contribution in [2.45, 2.75) is 32.6 Å². The van der Waals surface area contributed by atoms with Crippen molar-refractivity contribution < 1.29 is 5.11 Å². The second kappa shape index (κ2) is 4.69. The van der Waals surface area contributed by atoms with E-state index < -0.39 is 0 Å². The van der Waals surface area contributed by atoms with Gasteiger partial charge in [-0.2, -0.15) is 0 Å². The summed E-state index contributed by atoms with van der Waals surface area (Å²) in [5.74, 6) is 0.0232. The molecule has 0 aliphatic carbocycles. The highest BCUT2D eigenvalue weighted by atomic mass is 16.3. The molecule has 0 aliphatic rings. The third-order valence-corrected chi connectivity index (χ3v) is 2.25. The van der Waals surface area contributed by atoms with E-state index in [9.17, 15) is 9.90 Å². The molecule has 0 aromatic carbocycles. The summed E-state index contributed by atoms with van der Waals surface area (Å²) >= 11 is 0. The highest BCUT2D eigenvalue weighted by molar-refractivity contribution is 5.19. The van der Waals surface area contributed by atoms with Crippen molar-refractivity contribution in [1.82, 2.24) is 9.97 Å². The van der Waals surface area contributed by atoms with Crippen molar-refractivity contribution in [3.8, 4) is 5.88 Å². The lowest BCUT2D eigenvalue weighted by atomic mass is 10.00. The van der Waals surface area contributed by atoms with Crippen LogP contribution in [0.2, 0.25) is 0 Å². The van der Waals surface area contributed by atoms with E-state index in [-0.39, 0.29) is 17.2 Å². The van der Waals surface area contributed by atoms with E-state index in [0.29, 0.717) is 5.69 Å². The third kappa shape index (κ3) is 2.28. The van der Waals surface area contributed by atoms with E-state index in [0.717, 1.165) is 19.0 Å². The van der Waals surface area contributed by atoms with Gasteiger partial charge in [-0.25, -0.2) is 4.98 Å². The molecule has 76 valence electrons. The van der Waals surface area contributed by atoms with Crippen LogP contribution in [0.5, 0.6) is 5.88 Å². The number of rotatable bonds is 3. The Labute approximate surface area is 82.7 Å². The van der Waals surface area contributed by atoms with Crippen molar-refractivity contribution >= 4 is 0 Å². The van der Waals surface area contributed by atoms with Crippen molar-refractivity contribution in [3.63, 3.8) is 0 Å². The lowest BCUT2D eigenvalue weighted by Crippen LogP contribution is -1.98. The number of aromatic hydroxyl groups is 1. The monoisotopic (exact) mass is 194 g/mol. The molecule has 14 heavy (non-hydrogen) atoms. The van der Waals surface area contributed by atoms with Crippen LogP contribution in [0.1, 0.15) is 38.3 Å². The Morgan fingerprint density at radius 2 is 1.86 bits per heavy atom. The summed E-state index contributed by atoms with van der Waals surface area (Å²) in [5.41, 5.74) is 0.217. The van der Waals surface area contributed by atoms with Gasteiger partial charge < -0.3 is 5.11 Å². The van der Waals surface area contributed by atoms with Crippen LogP contribution in [0.4, 0.5) is 0 Å². The number of nitrogens with zero attached hydrogens (tertiary/aromatic N) is 2. The summed E-state index contributed by atoms with van der Waals surface area (Å²) < 4.78 is 0. The van der Waals surface area contributed by atoms with Crippen LogP contribution < -0.4 is 5.43 Å². The van der Waals surface area contributed by atoms with Crippen molar-refractivity contribution in [3.05, 3.63) is 28.3 Å². The average Bonchev–Trinajstić information content (AvgIpc) is 2.34. The van der Waals surface area contributed by atoms with Crippen LogP contribution in [0.25, 0.3) is 0 Å². The van der Waals surface area contributed by atoms with E-state index in [2.05, 4.69) is 9.97 Å². The quantitative estimate of drug-likeness (QED) is 0.790.